The molecule has 0 fully saturated rings. The summed E-state index contributed by atoms with van der Waals surface area (Å²) in [7, 11) is 1.61. The van der Waals surface area contributed by atoms with Crippen molar-refractivity contribution in [3.05, 3.63) is 23.7 Å². The lowest BCUT2D eigenvalue weighted by Gasteiger charge is -2.18. The third-order valence-corrected chi connectivity index (χ3v) is 2.52. The zero-order valence-corrected chi connectivity index (χ0v) is 10.9. The Hall–Kier alpha value is -2.02. The lowest BCUT2D eigenvalue weighted by atomic mass is 10.3. The number of aromatic carboxylic acids is 1. The van der Waals surface area contributed by atoms with Gasteiger partial charge in [0, 0.05) is 13.6 Å². The van der Waals surface area contributed by atoms with Crippen LogP contribution in [-0.2, 0) is 6.54 Å². The number of furan rings is 1. The van der Waals surface area contributed by atoms with Crippen molar-refractivity contribution in [1.82, 2.24) is 10.2 Å². The molecular formula is C12H18N2O5. The maximum Gasteiger partial charge on any atom is 0.371 e. The minimum atomic E-state index is -1.15. The number of carbonyl (C=O) groups excluding carboxylic acids is 1. The van der Waals surface area contributed by atoms with E-state index in [9.17, 15) is 9.59 Å². The summed E-state index contributed by atoms with van der Waals surface area (Å²) in [5.41, 5.74) is 0. The van der Waals surface area contributed by atoms with Crippen molar-refractivity contribution in [2.45, 2.75) is 26.0 Å². The van der Waals surface area contributed by atoms with E-state index in [1.807, 2.05) is 0 Å². The fourth-order valence-electron chi connectivity index (χ4n) is 1.37. The predicted octanol–water partition coefficient (Wildman–Crippen LogP) is 0.890. The monoisotopic (exact) mass is 270 g/mol. The van der Waals surface area contributed by atoms with Gasteiger partial charge in [0.1, 0.15) is 5.76 Å². The molecule has 0 saturated carbocycles. The number of nitrogens with one attached hydrogen (secondary N) is 1. The first-order chi connectivity index (χ1) is 8.90. The van der Waals surface area contributed by atoms with Crippen molar-refractivity contribution < 1.29 is 24.2 Å². The number of hydrogen-bond donors (Lipinski definition) is 3. The van der Waals surface area contributed by atoms with Crippen molar-refractivity contribution in [3.8, 4) is 0 Å². The Morgan fingerprint density at radius 3 is 2.68 bits per heavy atom. The van der Waals surface area contributed by atoms with Gasteiger partial charge in [-0.25, -0.2) is 9.59 Å². The second-order valence-electron chi connectivity index (χ2n) is 4.29. The number of rotatable bonds is 6. The second kappa shape index (κ2) is 6.79. The molecule has 0 aliphatic carbocycles. The van der Waals surface area contributed by atoms with Gasteiger partial charge in [-0.15, -0.1) is 0 Å². The van der Waals surface area contributed by atoms with Crippen LogP contribution >= 0.6 is 0 Å². The molecule has 7 nitrogen and oxygen atoms in total. The van der Waals surface area contributed by atoms with E-state index in [-0.39, 0.29) is 18.3 Å². The van der Waals surface area contributed by atoms with Gasteiger partial charge in [-0.3, -0.25) is 0 Å². The molecule has 2 amide bonds. The highest BCUT2D eigenvalue weighted by Gasteiger charge is 2.12. The first kappa shape index (κ1) is 15.0. The summed E-state index contributed by atoms with van der Waals surface area (Å²) < 4.78 is 5.00. The Balaban J connectivity index is 2.38. The summed E-state index contributed by atoms with van der Waals surface area (Å²) >= 11 is 0. The summed E-state index contributed by atoms with van der Waals surface area (Å²) in [6.07, 6.45) is 0.0341. The van der Waals surface area contributed by atoms with Crippen LogP contribution in [0.15, 0.2) is 16.5 Å². The molecular weight excluding hydrogens is 252 g/mol. The van der Waals surface area contributed by atoms with E-state index >= 15 is 0 Å². The number of carbonyl (C=O) groups is 2. The van der Waals surface area contributed by atoms with Gasteiger partial charge in [0.05, 0.1) is 12.6 Å². The molecule has 7 heteroatoms. The van der Waals surface area contributed by atoms with Crippen LogP contribution in [0.5, 0.6) is 0 Å². The van der Waals surface area contributed by atoms with Gasteiger partial charge in [0.25, 0.3) is 0 Å². The number of nitrogens with zero attached hydrogens (tertiary/aromatic N) is 1. The highest BCUT2D eigenvalue weighted by molar-refractivity contribution is 5.84. The Morgan fingerprint density at radius 1 is 1.47 bits per heavy atom. The minimum Gasteiger partial charge on any atom is -0.475 e. The Bertz CT molecular complexity index is 441. The first-order valence-corrected chi connectivity index (χ1v) is 5.89. The minimum absolute atomic E-state index is 0.116. The van der Waals surface area contributed by atoms with Gasteiger partial charge >= 0.3 is 12.0 Å². The highest BCUT2D eigenvalue weighted by Crippen LogP contribution is 2.07. The molecule has 3 N–H and O–H groups in total. The van der Waals surface area contributed by atoms with Crippen LogP contribution in [0.2, 0.25) is 0 Å². The molecule has 1 rings (SSSR count). The van der Waals surface area contributed by atoms with E-state index in [2.05, 4.69) is 5.32 Å². The van der Waals surface area contributed by atoms with Gasteiger partial charge < -0.3 is 24.8 Å². The predicted molar refractivity (Wildman–Crippen MR) is 66.8 cm³/mol. The van der Waals surface area contributed by atoms with E-state index in [1.54, 1.807) is 14.0 Å². The lowest BCUT2D eigenvalue weighted by Crippen LogP contribution is -2.38. The fourth-order valence-corrected chi connectivity index (χ4v) is 1.37. The second-order valence-corrected chi connectivity index (χ2v) is 4.29. The van der Waals surface area contributed by atoms with Crippen LogP contribution < -0.4 is 5.32 Å². The summed E-state index contributed by atoms with van der Waals surface area (Å²) in [6.45, 7) is 2.20. The summed E-state index contributed by atoms with van der Waals surface area (Å²) in [5.74, 6) is -0.937. The maximum absolute atomic E-state index is 11.6. The van der Waals surface area contributed by atoms with Crippen LogP contribution in [-0.4, -0.2) is 46.8 Å². The number of aliphatic hydroxyl groups is 1. The van der Waals surface area contributed by atoms with Crippen molar-refractivity contribution in [1.29, 1.82) is 0 Å². The van der Waals surface area contributed by atoms with E-state index in [4.69, 9.17) is 14.6 Å². The largest absolute Gasteiger partial charge is 0.475 e. The molecule has 0 radical (unpaired) electrons. The highest BCUT2D eigenvalue weighted by atomic mass is 16.4. The van der Waals surface area contributed by atoms with Crippen LogP contribution in [0.3, 0.4) is 0 Å². The molecule has 1 aromatic rings. The number of carboxylic acid groups (broad SMARTS) is 1. The van der Waals surface area contributed by atoms with E-state index < -0.39 is 12.1 Å². The third-order valence-electron chi connectivity index (χ3n) is 2.52. The molecule has 106 valence electrons. The normalized spacial score (nSPS) is 11.9. The topological polar surface area (TPSA) is 103 Å². The third kappa shape index (κ3) is 5.01. The van der Waals surface area contributed by atoms with Gasteiger partial charge in [-0.05, 0) is 25.5 Å². The zero-order chi connectivity index (χ0) is 14.4. The van der Waals surface area contributed by atoms with Crippen molar-refractivity contribution in [3.63, 3.8) is 0 Å². The molecule has 1 aromatic heterocycles. The van der Waals surface area contributed by atoms with Crippen LogP contribution in [0.4, 0.5) is 4.79 Å². The average Bonchev–Trinajstić information content (AvgIpc) is 2.81. The Labute approximate surface area is 110 Å². The molecule has 1 unspecified atom stereocenters. The molecule has 0 spiro atoms. The zero-order valence-electron chi connectivity index (χ0n) is 10.9. The van der Waals surface area contributed by atoms with E-state index in [0.29, 0.717) is 18.7 Å². The van der Waals surface area contributed by atoms with Gasteiger partial charge in [-0.1, -0.05) is 0 Å². The smallest absolute Gasteiger partial charge is 0.371 e. The quantitative estimate of drug-likeness (QED) is 0.712. The Kier molecular flexibility index (Phi) is 5.37. The molecule has 0 aromatic carbocycles. The van der Waals surface area contributed by atoms with E-state index in [0.717, 1.165) is 0 Å². The number of carboxylic acids is 1. The van der Waals surface area contributed by atoms with Crippen molar-refractivity contribution in [2.75, 3.05) is 13.6 Å². The molecule has 0 aliphatic rings. The fraction of sp³-hybridized carbons (Fsp3) is 0.500. The summed E-state index contributed by atoms with van der Waals surface area (Å²) in [6, 6.07) is 2.52. The number of urea groups is 1. The summed E-state index contributed by atoms with van der Waals surface area (Å²) in [4.78, 5) is 23.7. The van der Waals surface area contributed by atoms with Gasteiger partial charge in [0.15, 0.2) is 0 Å². The number of aliphatic hydroxyl groups excluding tert-OH is 1. The van der Waals surface area contributed by atoms with Crippen LogP contribution in [0.1, 0.15) is 29.7 Å². The molecule has 0 aliphatic heterocycles. The molecule has 1 atom stereocenters. The summed E-state index contributed by atoms with van der Waals surface area (Å²) in [5, 5.41) is 20.4. The molecule has 0 saturated heterocycles. The number of amides is 2. The van der Waals surface area contributed by atoms with Crippen molar-refractivity contribution in [2.24, 2.45) is 0 Å². The molecule has 1 heterocycles. The number of hydrogen-bond acceptors (Lipinski definition) is 4. The lowest BCUT2D eigenvalue weighted by molar-refractivity contribution is 0.0660. The van der Waals surface area contributed by atoms with Crippen molar-refractivity contribution >= 4 is 12.0 Å². The SMILES string of the molecule is CC(O)CCN(C)C(=O)NCc1ccc(C(=O)O)o1. The standard InChI is InChI=1S/C12H18N2O5/c1-8(15)5-6-14(2)12(18)13-7-9-3-4-10(19-9)11(16)17/h3-4,8,15H,5-7H2,1-2H3,(H,13,18)(H,16,17). The maximum atomic E-state index is 11.6. The molecule has 19 heavy (non-hydrogen) atoms. The van der Waals surface area contributed by atoms with E-state index in [1.165, 1.54) is 17.0 Å². The molecule has 0 bridgehead atoms. The Morgan fingerprint density at radius 2 is 2.16 bits per heavy atom. The van der Waals surface area contributed by atoms with Gasteiger partial charge in [0.2, 0.25) is 5.76 Å². The van der Waals surface area contributed by atoms with Crippen LogP contribution in [0.25, 0.3) is 0 Å². The average molecular weight is 270 g/mol. The van der Waals surface area contributed by atoms with Crippen LogP contribution in [0, 0.1) is 0 Å². The first-order valence-electron chi connectivity index (χ1n) is 5.89. The van der Waals surface area contributed by atoms with Gasteiger partial charge in [-0.2, -0.15) is 0 Å².